The fourth-order valence-electron chi connectivity index (χ4n) is 2.22. The van der Waals surface area contributed by atoms with Crippen LogP contribution >= 0.6 is 11.8 Å². The average Bonchev–Trinajstić information content (AvgIpc) is 2.50. The van der Waals surface area contributed by atoms with Crippen molar-refractivity contribution in [2.75, 3.05) is 12.8 Å². The summed E-state index contributed by atoms with van der Waals surface area (Å²) >= 11 is 1.68. The van der Waals surface area contributed by atoms with E-state index in [1.165, 1.54) is 11.1 Å². The smallest absolute Gasteiger partial charge is 0.187 e. The van der Waals surface area contributed by atoms with Crippen molar-refractivity contribution in [1.82, 2.24) is 15.3 Å². The number of aromatic nitrogens is 2. The largest absolute Gasteiger partial charge is 0.312 e. The molecule has 0 aliphatic heterocycles. The van der Waals surface area contributed by atoms with Gasteiger partial charge < -0.3 is 5.32 Å². The third-order valence-corrected chi connectivity index (χ3v) is 4.26. The lowest BCUT2D eigenvalue weighted by Gasteiger charge is -2.16. The van der Waals surface area contributed by atoms with E-state index in [1.54, 1.807) is 24.2 Å². The molecule has 0 aliphatic rings. The van der Waals surface area contributed by atoms with E-state index in [9.17, 15) is 0 Å². The van der Waals surface area contributed by atoms with Gasteiger partial charge in [0.25, 0.3) is 0 Å². The van der Waals surface area contributed by atoms with Gasteiger partial charge in [0.05, 0.1) is 0 Å². The Kier molecular flexibility index (Phi) is 6.21. The molecule has 1 aromatic heterocycles. The third-order valence-electron chi connectivity index (χ3n) is 3.30. The molecule has 2 rings (SSSR count). The maximum absolute atomic E-state index is 4.25. The number of thioether (sulfide) groups is 1. The van der Waals surface area contributed by atoms with E-state index in [-0.39, 0.29) is 0 Å². The molecule has 1 atom stereocenters. The van der Waals surface area contributed by atoms with Gasteiger partial charge in [-0.3, -0.25) is 0 Å². The Labute approximate surface area is 131 Å². The van der Waals surface area contributed by atoms with Crippen LogP contribution in [0.2, 0.25) is 0 Å². The quantitative estimate of drug-likeness (QED) is 0.624. The summed E-state index contributed by atoms with van der Waals surface area (Å²) in [6.07, 6.45) is 4.70. The van der Waals surface area contributed by atoms with E-state index in [0.717, 1.165) is 17.3 Å². The fraction of sp³-hybridized carbons (Fsp3) is 0.412. The van der Waals surface area contributed by atoms with Crippen molar-refractivity contribution in [3.8, 4) is 0 Å². The highest BCUT2D eigenvalue weighted by Gasteiger charge is 2.10. The molecule has 3 nitrogen and oxygen atoms in total. The van der Waals surface area contributed by atoms with Crippen molar-refractivity contribution in [3.63, 3.8) is 0 Å². The van der Waals surface area contributed by atoms with Crippen molar-refractivity contribution in [2.24, 2.45) is 5.92 Å². The van der Waals surface area contributed by atoms with Gasteiger partial charge in [0.15, 0.2) is 5.16 Å². The van der Waals surface area contributed by atoms with Crippen LogP contribution in [0.25, 0.3) is 0 Å². The van der Waals surface area contributed by atoms with Crippen LogP contribution in [-0.4, -0.2) is 22.8 Å². The van der Waals surface area contributed by atoms with Crippen LogP contribution in [0, 0.1) is 5.92 Å². The summed E-state index contributed by atoms with van der Waals surface area (Å²) in [5.74, 6) is 1.62. The number of nitrogens with one attached hydrogen (secondary N) is 1. The fourth-order valence-corrected chi connectivity index (χ4v) is 3.17. The first-order chi connectivity index (χ1) is 10.2. The second-order valence-corrected chi connectivity index (χ2v) is 6.51. The second kappa shape index (κ2) is 8.15. The van der Waals surface area contributed by atoms with Crippen LogP contribution in [0.5, 0.6) is 0 Å². The molecule has 4 heteroatoms. The zero-order chi connectivity index (χ0) is 15.1. The second-order valence-electron chi connectivity index (χ2n) is 5.52. The van der Waals surface area contributed by atoms with Gasteiger partial charge in [0.1, 0.15) is 0 Å². The molecule has 0 aliphatic carbocycles. The van der Waals surface area contributed by atoms with Crippen molar-refractivity contribution >= 4 is 11.8 Å². The van der Waals surface area contributed by atoms with Crippen LogP contribution in [-0.2, 0) is 6.42 Å². The molecule has 0 saturated heterocycles. The zero-order valence-electron chi connectivity index (χ0n) is 12.9. The Bertz CT molecular complexity index is 525. The van der Waals surface area contributed by atoms with Crippen LogP contribution in [0.1, 0.15) is 31.0 Å². The number of nitrogens with zero attached hydrogens (tertiary/aromatic N) is 2. The topological polar surface area (TPSA) is 37.8 Å². The zero-order valence-corrected chi connectivity index (χ0v) is 13.7. The lowest BCUT2D eigenvalue weighted by molar-refractivity contribution is 0.643. The third kappa shape index (κ3) is 5.14. The van der Waals surface area contributed by atoms with Crippen LogP contribution in [0.3, 0.4) is 0 Å². The monoisotopic (exact) mass is 301 g/mol. The molecule has 1 N–H and O–H groups in total. The summed E-state index contributed by atoms with van der Waals surface area (Å²) in [6, 6.07) is 11.1. The van der Waals surface area contributed by atoms with E-state index in [0.29, 0.717) is 12.0 Å². The molecule has 1 aromatic carbocycles. The van der Waals surface area contributed by atoms with Crippen molar-refractivity contribution in [2.45, 2.75) is 31.5 Å². The highest BCUT2D eigenvalue weighted by atomic mass is 32.2. The number of benzene rings is 1. The Morgan fingerprint density at radius 1 is 1.10 bits per heavy atom. The molecule has 0 amide bonds. The van der Waals surface area contributed by atoms with Crippen molar-refractivity contribution < 1.29 is 0 Å². The van der Waals surface area contributed by atoms with Gasteiger partial charge >= 0.3 is 0 Å². The summed E-state index contributed by atoms with van der Waals surface area (Å²) in [7, 11) is 2.00. The minimum atomic E-state index is 0.312. The standard InChI is InChI=1S/C17H23N3S/c1-13(2)11-14-5-7-15(8-6-14)16(18-3)12-21-17-19-9-4-10-20-17/h4-10,13,16,18H,11-12H2,1-3H3. The van der Waals surface area contributed by atoms with Crippen LogP contribution in [0.15, 0.2) is 47.9 Å². The predicted octanol–water partition coefficient (Wildman–Crippen LogP) is 3.73. The molecule has 2 aromatic rings. The van der Waals surface area contributed by atoms with E-state index < -0.39 is 0 Å². The summed E-state index contributed by atoms with van der Waals surface area (Å²) in [4.78, 5) is 8.50. The SMILES string of the molecule is CNC(CSc1ncccn1)c1ccc(CC(C)C)cc1. The molecular formula is C17H23N3S. The minimum Gasteiger partial charge on any atom is -0.312 e. The first kappa shape index (κ1) is 16.0. The Hall–Kier alpha value is -1.39. The van der Waals surface area contributed by atoms with E-state index in [1.807, 2.05) is 13.1 Å². The molecule has 112 valence electrons. The normalized spacial score (nSPS) is 12.6. The maximum atomic E-state index is 4.25. The molecule has 1 heterocycles. The first-order valence-corrected chi connectivity index (χ1v) is 8.33. The predicted molar refractivity (Wildman–Crippen MR) is 89.5 cm³/mol. The van der Waals surface area contributed by atoms with E-state index >= 15 is 0 Å². The Morgan fingerprint density at radius 3 is 2.33 bits per heavy atom. The first-order valence-electron chi connectivity index (χ1n) is 7.35. The van der Waals surface area contributed by atoms with Crippen molar-refractivity contribution in [3.05, 3.63) is 53.9 Å². The Balaban J connectivity index is 1.97. The van der Waals surface area contributed by atoms with Gasteiger partial charge in [-0.25, -0.2) is 9.97 Å². The molecule has 0 radical (unpaired) electrons. The number of hydrogen-bond donors (Lipinski definition) is 1. The van der Waals surface area contributed by atoms with E-state index in [4.69, 9.17) is 0 Å². The number of hydrogen-bond acceptors (Lipinski definition) is 4. The lowest BCUT2D eigenvalue weighted by Crippen LogP contribution is -2.18. The van der Waals surface area contributed by atoms with Crippen LogP contribution in [0.4, 0.5) is 0 Å². The Morgan fingerprint density at radius 2 is 1.76 bits per heavy atom. The average molecular weight is 301 g/mol. The summed E-state index contributed by atoms with van der Waals surface area (Å²) in [5, 5.41) is 4.20. The summed E-state index contributed by atoms with van der Waals surface area (Å²) in [6.45, 7) is 4.50. The van der Waals surface area contributed by atoms with Gasteiger partial charge in [-0.15, -0.1) is 0 Å². The molecule has 0 spiro atoms. The molecule has 0 bridgehead atoms. The molecule has 0 fully saturated rings. The highest BCUT2D eigenvalue weighted by molar-refractivity contribution is 7.99. The highest BCUT2D eigenvalue weighted by Crippen LogP contribution is 2.22. The van der Waals surface area contributed by atoms with Gasteiger partial charge in [-0.05, 0) is 36.6 Å². The van der Waals surface area contributed by atoms with Crippen molar-refractivity contribution in [1.29, 1.82) is 0 Å². The lowest BCUT2D eigenvalue weighted by atomic mass is 10.00. The molecular weight excluding hydrogens is 278 g/mol. The van der Waals surface area contributed by atoms with Crippen LogP contribution < -0.4 is 5.32 Å². The molecule has 1 unspecified atom stereocenters. The van der Waals surface area contributed by atoms with Gasteiger partial charge in [0, 0.05) is 24.2 Å². The van der Waals surface area contributed by atoms with Gasteiger partial charge in [-0.2, -0.15) is 0 Å². The summed E-state index contributed by atoms with van der Waals surface area (Å²) in [5.41, 5.74) is 2.72. The van der Waals surface area contributed by atoms with Gasteiger partial charge in [0.2, 0.25) is 0 Å². The maximum Gasteiger partial charge on any atom is 0.187 e. The minimum absolute atomic E-state index is 0.312. The summed E-state index contributed by atoms with van der Waals surface area (Å²) < 4.78 is 0. The molecule has 0 saturated carbocycles. The van der Waals surface area contributed by atoms with Gasteiger partial charge in [-0.1, -0.05) is 49.9 Å². The molecule has 21 heavy (non-hydrogen) atoms. The number of rotatable bonds is 7. The van der Waals surface area contributed by atoms with E-state index in [2.05, 4.69) is 53.4 Å².